The first-order valence-electron chi connectivity index (χ1n) is 6.60. The van der Waals surface area contributed by atoms with Crippen molar-refractivity contribution in [2.24, 2.45) is 5.92 Å². The van der Waals surface area contributed by atoms with Gasteiger partial charge in [-0.1, -0.05) is 17.7 Å². The van der Waals surface area contributed by atoms with E-state index in [1.807, 2.05) is 6.07 Å². The molecule has 2 rings (SSSR count). The van der Waals surface area contributed by atoms with Crippen LogP contribution in [0, 0.1) is 17.2 Å². The molecular weight excluding hydrogens is 303 g/mol. The van der Waals surface area contributed by atoms with Crippen LogP contribution in [-0.2, 0) is 0 Å². The van der Waals surface area contributed by atoms with E-state index in [2.05, 4.69) is 5.32 Å². The van der Waals surface area contributed by atoms with Crippen LogP contribution in [0.3, 0.4) is 0 Å². The predicted molar refractivity (Wildman–Crippen MR) is 75.3 cm³/mol. The summed E-state index contributed by atoms with van der Waals surface area (Å²) in [4.78, 5) is 1.41. The second-order valence-electron chi connectivity index (χ2n) is 5.16. The van der Waals surface area contributed by atoms with Gasteiger partial charge in [0.2, 0.25) is 0 Å². The van der Waals surface area contributed by atoms with E-state index in [0.717, 1.165) is 0 Å². The van der Waals surface area contributed by atoms with Crippen LogP contribution in [0.1, 0.15) is 12.0 Å². The number of benzene rings is 1. The number of halogens is 4. The van der Waals surface area contributed by atoms with Gasteiger partial charge in [0.05, 0.1) is 22.8 Å². The third kappa shape index (κ3) is 4.51. The normalized spacial score (nSPS) is 19.5. The Morgan fingerprint density at radius 2 is 2.19 bits per heavy atom. The average Bonchev–Trinajstić information content (AvgIpc) is 2.82. The summed E-state index contributed by atoms with van der Waals surface area (Å²) < 4.78 is 37.0. The van der Waals surface area contributed by atoms with Gasteiger partial charge in [-0.05, 0) is 31.0 Å². The molecule has 0 radical (unpaired) electrons. The number of anilines is 1. The summed E-state index contributed by atoms with van der Waals surface area (Å²) in [6.07, 6.45) is -3.45. The zero-order chi connectivity index (χ0) is 15.5. The van der Waals surface area contributed by atoms with Crippen LogP contribution < -0.4 is 5.32 Å². The maximum absolute atomic E-state index is 12.3. The minimum Gasteiger partial charge on any atom is -0.382 e. The number of rotatable bonds is 4. The Morgan fingerprint density at radius 1 is 1.43 bits per heavy atom. The number of hydrogen-bond acceptors (Lipinski definition) is 3. The molecule has 1 N–H and O–H groups in total. The fourth-order valence-electron chi connectivity index (χ4n) is 2.52. The fourth-order valence-corrected chi connectivity index (χ4v) is 2.76. The highest BCUT2D eigenvalue weighted by atomic mass is 35.5. The topological polar surface area (TPSA) is 39.1 Å². The lowest BCUT2D eigenvalue weighted by Crippen LogP contribution is -2.33. The molecule has 1 saturated heterocycles. The Kier molecular flexibility index (Phi) is 4.96. The Balaban J connectivity index is 1.90. The number of nitriles is 1. The van der Waals surface area contributed by atoms with E-state index in [4.69, 9.17) is 16.9 Å². The number of para-hydroxylation sites is 1. The molecule has 1 aliphatic heterocycles. The molecule has 1 aromatic carbocycles. The van der Waals surface area contributed by atoms with Gasteiger partial charge >= 0.3 is 6.18 Å². The first-order valence-corrected chi connectivity index (χ1v) is 6.98. The molecule has 3 nitrogen and oxygen atoms in total. The number of alkyl halides is 3. The molecule has 1 atom stereocenters. The lowest BCUT2D eigenvalue weighted by Gasteiger charge is -2.18. The van der Waals surface area contributed by atoms with Crippen molar-refractivity contribution in [1.82, 2.24) is 4.90 Å². The maximum Gasteiger partial charge on any atom is 0.401 e. The minimum atomic E-state index is -4.15. The van der Waals surface area contributed by atoms with E-state index in [-0.39, 0.29) is 5.92 Å². The lowest BCUT2D eigenvalue weighted by molar-refractivity contribution is -0.143. The lowest BCUT2D eigenvalue weighted by atomic mass is 10.1. The van der Waals surface area contributed by atoms with Gasteiger partial charge in [0.15, 0.2) is 0 Å². The number of nitrogens with one attached hydrogen (secondary N) is 1. The van der Waals surface area contributed by atoms with Crippen molar-refractivity contribution in [2.75, 3.05) is 31.5 Å². The summed E-state index contributed by atoms with van der Waals surface area (Å²) in [7, 11) is 0. The monoisotopic (exact) mass is 317 g/mol. The summed E-state index contributed by atoms with van der Waals surface area (Å²) in [6, 6.07) is 7.06. The van der Waals surface area contributed by atoms with Crippen LogP contribution in [0.25, 0.3) is 0 Å². The average molecular weight is 318 g/mol. The highest BCUT2D eigenvalue weighted by molar-refractivity contribution is 6.33. The molecule has 1 aliphatic rings. The van der Waals surface area contributed by atoms with E-state index in [1.165, 1.54) is 4.90 Å². The van der Waals surface area contributed by atoms with Crippen LogP contribution in [0.5, 0.6) is 0 Å². The maximum atomic E-state index is 12.3. The molecule has 0 saturated carbocycles. The van der Waals surface area contributed by atoms with Gasteiger partial charge in [0.1, 0.15) is 6.07 Å². The van der Waals surface area contributed by atoms with Crippen molar-refractivity contribution in [1.29, 1.82) is 5.26 Å². The summed E-state index contributed by atoms with van der Waals surface area (Å²) >= 11 is 6.04. The molecule has 114 valence electrons. The molecule has 1 heterocycles. The molecule has 7 heteroatoms. The molecular formula is C14H15ClF3N3. The summed E-state index contributed by atoms with van der Waals surface area (Å²) in [5.74, 6) is 0.121. The molecule has 21 heavy (non-hydrogen) atoms. The van der Waals surface area contributed by atoms with Crippen LogP contribution in [-0.4, -0.2) is 37.3 Å². The number of hydrogen-bond donors (Lipinski definition) is 1. The molecule has 0 aromatic heterocycles. The Hall–Kier alpha value is -1.45. The third-order valence-corrected chi connectivity index (χ3v) is 3.79. The van der Waals surface area contributed by atoms with E-state index in [1.54, 1.807) is 18.2 Å². The van der Waals surface area contributed by atoms with Crippen LogP contribution in [0.4, 0.5) is 18.9 Å². The van der Waals surface area contributed by atoms with Gasteiger partial charge in [-0.3, -0.25) is 4.90 Å². The molecule has 1 unspecified atom stereocenters. The SMILES string of the molecule is N#Cc1cccc(Cl)c1NCC1CCN(CC(F)(F)F)C1. The van der Waals surface area contributed by atoms with Crippen molar-refractivity contribution in [3.63, 3.8) is 0 Å². The van der Waals surface area contributed by atoms with Crippen molar-refractivity contribution < 1.29 is 13.2 Å². The van der Waals surface area contributed by atoms with E-state index in [9.17, 15) is 13.2 Å². The van der Waals surface area contributed by atoms with E-state index in [0.29, 0.717) is 42.3 Å². The van der Waals surface area contributed by atoms with Crippen LogP contribution in [0.2, 0.25) is 5.02 Å². The molecule has 0 spiro atoms. The summed E-state index contributed by atoms with van der Waals surface area (Å²) in [6.45, 7) is 0.490. The molecule has 0 bridgehead atoms. The minimum absolute atomic E-state index is 0.121. The van der Waals surface area contributed by atoms with Crippen molar-refractivity contribution in [3.05, 3.63) is 28.8 Å². The standard InChI is InChI=1S/C14H15ClF3N3/c15-12-3-1-2-11(6-19)13(12)20-7-10-4-5-21(8-10)9-14(16,17)18/h1-3,10,20H,4-5,7-9H2. The second-order valence-corrected chi connectivity index (χ2v) is 5.57. The highest BCUT2D eigenvalue weighted by Gasteiger charge is 2.34. The zero-order valence-corrected chi connectivity index (χ0v) is 12.0. The second kappa shape index (κ2) is 6.54. The van der Waals surface area contributed by atoms with Crippen molar-refractivity contribution in [3.8, 4) is 6.07 Å². The van der Waals surface area contributed by atoms with Gasteiger partial charge in [0.25, 0.3) is 0 Å². The predicted octanol–water partition coefficient (Wildman–Crippen LogP) is 3.51. The number of likely N-dealkylation sites (tertiary alicyclic amines) is 1. The Labute approximate surface area is 126 Å². The quantitative estimate of drug-likeness (QED) is 0.923. The van der Waals surface area contributed by atoms with Crippen molar-refractivity contribution in [2.45, 2.75) is 12.6 Å². The molecule has 0 aliphatic carbocycles. The van der Waals surface area contributed by atoms with E-state index < -0.39 is 12.7 Å². The Morgan fingerprint density at radius 3 is 2.86 bits per heavy atom. The molecule has 1 aromatic rings. The van der Waals surface area contributed by atoms with Gasteiger partial charge < -0.3 is 5.32 Å². The Bertz CT molecular complexity index is 539. The highest BCUT2D eigenvalue weighted by Crippen LogP contribution is 2.27. The summed E-state index contributed by atoms with van der Waals surface area (Å²) in [5.41, 5.74) is 0.989. The van der Waals surface area contributed by atoms with Crippen LogP contribution in [0.15, 0.2) is 18.2 Å². The molecule has 1 fully saturated rings. The van der Waals surface area contributed by atoms with Crippen LogP contribution >= 0.6 is 11.6 Å². The molecule has 0 amide bonds. The van der Waals surface area contributed by atoms with Gasteiger partial charge in [-0.25, -0.2) is 0 Å². The largest absolute Gasteiger partial charge is 0.401 e. The van der Waals surface area contributed by atoms with Gasteiger partial charge in [0, 0.05) is 13.1 Å². The smallest absolute Gasteiger partial charge is 0.382 e. The fraction of sp³-hybridized carbons (Fsp3) is 0.500. The first-order chi connectivity index (χ1) is 9.89. The van der Waals surface area contributed by atoms with Gasteiger partial charge in [-0.2, -0.15) is 18.4 Å². The van der Waals surface area contributed by atoms with Crippen molar-refractivity contribution >= 4 is 17.3 Å². The summed E-state index contributed by atoms with van der Waals surface area (Å²) in [5, 5.41) is 12.6. The third-order valence-electron chi connectivity index (χ3n) is 3.47. The van der Waals surface area contributed by atoms with E-state index >= 15 is 0 Å². The van der Waals surface area contributed by atoms with Gasteiger partial charge in [-0.15, -0.1) is 0 Å². The number of nitrogens with zero attached hydrogens (tertiary/aromatic N) is 2. The zero-order valence-electron chi connectivity index (χ0n) is 11.3. The first kappa shape index (κ1) is 15.9.